The van der Waals surface area contributed by atoms with Crippen molar-refractivity contribution in [1.82, 2.24) is 0 Å². The van der Waals surface area contributed by atoms with Crippen molar-refractivity contribution in [2.45, 2.75) is 0 Å². The molecule has 4 aromatic carbocycles. The van der Waals surface area contributed by atoms with Crippen LogP contribution in [0.5, 0.6) is 5.75 Å². The van der Waals surface area contributed by atoms with Crippen LogP contribution in [0, 0.1) is 0 Å². The van der Waals surface area contributed by atoms with Gasteiger partial charge in [-0.3, -0.25) is 0 Å². The number of benzene rings is 4. The Balaban J connectivity index is 0.00000245. The first-order valence-electron chi connectivity index (χ1n) is 9.29. The Morgan fingerprint density at radius 2 is 1.50 bits per heavy atom. The predicted octanol–water partition coefficient (Wildman–Crippen LogP) is 4.29. The molecule has 1 heterocycles. The molecule has 0 aliphatic rings. The number of halogens is 3. The summed E-state index contributed by atoms with van der Waals surface area (Å²) in [4.78, 5) is 10.8. The number of ether oxygens (including phenoxy) is 1. The van der Waals surface area contributed by atoms with Crippen molar-refractivity contribution in [3.05, 3.63) is 74.1 Å². The van der Waals surface area contributed by atoms with Gasteiger partial charge in [0.05, 0.1) is 19.6 Å². The van der Waals surface area contributed by atoms with E-state index in [1.165, 1.54) is 20.2 Å². The van der Waals surface area contributed by atoms with Crippen LogP contribution < -0.4 is 39.4 Å². The number of thiophene rings is 1. The molecule has 0 atom stereocenters. The van der Waals surface area contributed by atoms with Crippen LogP contribution in [-0.2, 0) is 4.79 Å². The van der Waals surface area contributed by atoms with E-state index in [4.69, 9.17) is 4.74 Å². The van der Waals surface area contributed by atoms with Crippen LogP contribution in [-0.4, -0.2) is 12.6 Å². The molecule has 0 bridgehead atoms. The normalized spacial score (nSPS) is 11.1. The van der Waals surface area contributed by atoms with Gasteiger partial charge >= 0.3 is 29.6 Å². The maximum Gasteiger partial charge on any atom is 1.00 e. The SMILES string of the molecule is O=C([O-])COc1c(Br)cc(-c2c3ccccc3c(Br)c3sc4ccccc4c23)cc1Br.[Na+]. The third kappa shape index (κ3) is 4.17. The van der Waals surface area contributed by atoms with Crippen molar-refractivity contribution in [2.24, 2.45) is 0 Å². The van der Waals surface area contributed by atoms with Crippen LogP contribution >= 0.6 is 59.1 Å². The molecular formula is C24H12Br3NaO3S. The van der Waals surface area contributed by atoms with E-state index in [0.717, 1.165) is 26.4 Å². The Morgan fingerprint density at radius 1 is 0.906 bits per heavy atom. The number of carbonyl (C=O) groups is 1. The summed E-state index contributed by atoms with van der Waals surface area (Å²) in [6, 6.07) is 20.7. The fourth-order valence-corrected chi connectivity index (χ4v) is 7.23. The first kappa shape index (κ1) is 24.2. The molecular weight excluding hydrogens is 631 g/mol. The minimum absolute atomic E-state index is 0. The van der Waals surface area contributed by atoms with Gasteiger partial charge in [0, 0.05) is 19.9 Å². The van der Waals surface area contributed by atoms with Gasteiger partial charge < -0.3 is 14.6 Å². The van der Waals surface area contributed by atoms with E-state index in [9.17, 15) is 9.90 Å². The molecule has 5 aromatic rings. The molecule has 0 aliphatic carbocycles. The van der Waals surface area contributed by atoms with Gasteiger partial charge in [-0.2, -0.15) is 0 Å². The fourth-order valence-electron chi connectivity index (χ4n) is 3.87. The van der Waals surface area contributed by atoms with Crippen LogP contribution in [0.3, 0.4) is 0 Å². The molecule has 0 saturated carbocycles. The molecule has 0 aliphatic heterocycles. The summed E-state index contributed by atoms with van der Waals surface area (Å²) in [5.74, 6) is -0.839. The number of rotatable bonds is 4. The third-order valence-electron chi connectivity index (χ3n) is 5.10. The Morgan fingerprint density at radius 3 is 2.16 bits per heavy atom. The second kappa shape index (κ2) is 9.74. The third-order valence-corrected chi connectivity index (χ3v) is 8.55. The fraction of sp³-hybridized carbons (Fsp3) is 0.0417. The topological polar surface area (TPSA) is 49.4 Å². The second-order valence-corrected chi connectivity index (χ2v) is 10.5. The summed E-state index contributed by atoms with van der Waals surface area (Å²) < 4.78 is 10.2. The van der Waals surface area contributed by atoms with Gasteiger partial charge in [0.25, 0.3) is 0 Å². The number of hydrogen-bond donors (Lipinski definition) is 0. The van der Waals surface area contributed by atoms with Gasteiger partial charge in [-0.15, -0.1) is 11.3 Å². The summed E-state index contributed by atoms with van der Waals surface area (Å²) in [6.45, 7) is -0.517. The zero-order valence-corrected chi connectivity index (χ0v) is 24.3. The molecule has 32 heavy (non-hydrogen) atoms. The van der Waals surface area contributed by atoms with E-state index in [2.05, 4.69) is 84.2 Å². The van der Waals surface area contributed by atoms with Crippen molar-refractivity contribution >= 4 is 96.0 Å². The van der Waals surface area contributed by atoms with Gasteiger partial charge in [0.1, 0.15) is 12.4 Å². The van der Waals surface area contributed by atoms with Crippen LogP contribution in [0.15, 0.2) is 74.1 Å². The molecule has 5 rings (SSSR count). The van der Waals surface area contributed by atoms with Gasteiger partial charge in [-0.25, -0.2) is 0 Å². The molecule has 0 N–H and O–H groups in total. The summed E-state index contributed by atoms with van der Waals surface area (Å²) in [5, 5.41) is 15.5. The molecule has 3 nitrogen and oxygen atoms in total. The minimum Gasteiger partial charge on any atom is -0.546 e. The predicted molar refractivity (Wildman–Crippen MR) is 136 cm³/mol. The molecule has 0 fully saturated rings. The number of carboxylic acids is 1. The summed E-state index contributed by atoms with van der Waals surface area (Å²) >= 11 is 12.7. The largest absolute Gasteiger partial charge is 1.00 e. The molecule has 1 aromatic heterocycles. The van der Waals surface area contributed by atoms with Gasteiger partial charge in [0.2, 0.25) is 0 Å². The molecule has 0 spiro atoms. The Bertz CT molecular complexity index is 1490. The number of carbonyl (C=O) groups excluding carboxylic acids is 1. The van der Waals surface area contributed by atoms with Crippen molar-refractivity contribution < 1.29 is 44.2 Å². The maximum absolute atomic E-state index is 10.8. The molecule has 0 amide bonds. The van der Waals surface area contributed by atoms with Crippen LogP contribution in [0.1, 0.15) is 0 Å². The Hall–Kier alpha value is -0.930. The van der Waals surface area contributed by atoms with Crippen molar-refractivity contribution in [3.8, 4) is 16.9 Å². The van der Waals surface area contributed by atoms with Crippen LogP contribution in [0.25, 0.3) is 42.1 Å². The Labute approximate surface area is 235 Å². The van der Waals surface area contributed by atoms with Crippen molar-refractivity contribution in [1.29, 1.82) is 0 Å². The maximum atomic E-state index is 10.8. The molecule has 0 saturated heterocycles. The molecule has 8 heteroatoms. The minimum atomic E-state index is -1.27. The standard InChI is InChI=1S/C24H13Br3O3S.Na/c25-16-9-12(10-17(26)23(16)30-11-19(28)29)20-13-5-1-2-6-14(13)22(27)24-21(20)15-7-3-4-8-18(15)31-24;/h1-10H,11H2,(H,28,29);/q;+1/p-1. The monoisotopic (exact) mass is 640 g/mol. The molecule has 154 valence electrons. The van der Waals surface area contributed by atoms with Crippen molar-refractivity contribution in [2.75, 3.05) is 6.61 Å². The van der Waals surface area contributed by atoms with E-state index in [-0.39, 0.29) is 29.6 Å². The van der Waals surface area contributed by atoms with Gasteiger partial charge in [-0.05, 0) is 87.9 Å². The summed E-state index contributed by atoms with van der Waals surface area (Å²) in [6.07, 6.45) is 0. The average molecular weight is 643 g/mol. The first-order chi connectivity index (χ1) is 15.0. The smallest absolute Gasteiger partial charge is 0.546 e. The van der Waals surface area contributed by atoms with Crippen LogP contribution in [0.2, 0.25) is 0 Å². The quantitative estimate of drug-likeness (QED) is 0.275. The van der Waals surface area contributed by atoms with E-state index in [1.807, 2.05) is 24.3 Å². The number of fused-ring (bicyclic) bond motifs is 4. The van der Waals surface area contributed by atoms with Gasteiger partial charge in [0.15, 0.2) is 0 Å². The van der Waals surface area contributed by atoms with Crippen LogP contribution in [0.4, 0.5) is 0 Å². The molecule has 0 unspecified atom stereocenters. The number of aliphatic carboxylic acids is 1. The first-order valence-corrected chi connectivity index (χ1v) is 12.5. The zero-order valence-electron chi connectivity index (χ0n) is 16.7. The van der Waals surface area contributed by atoms with E-state index in [1.54, 1.807) is 11.3 Å². The summed E-state index contributed by atoms with van der Waals surface area (Å²) in [7, 11) is 0. The van der Waals surface area contributed by atoms with E-state index in [0.29, 0.717) is 14.7 Å². The number of carboxylic acid groups (broad SMARTS) is 1. The Kier molecular flexibility index (Phi) is 7.37. The summed E-state index contributed by atoms with van der Waals surface area (Å²) in [5.41, 5.74) is 2.12. The number of hydrogen-bond acceptors (Lipinski definition) is 4. The molecule has 0 radical (unpaired) electrons. The van der Waals surface area contributed by atoms with E-state index < -0.39 is 12.6 Å². The van der Waals surface area contributed by atoms with E-state index >= 15 is 0 Å². The second-order valence-electron chi connectivity index (χ2n) is 6.97. The van der Waals surface area contributed by atoms with Crippen molar-refractivity contribution in [3.63, 3.8) is 0 Å². The zero-order chi connectivity index (χ0) is 21.7. The average Bonchev–Trinajstić information content (AvgIpc) is 3.13. The van der Waals surface area contributed by atoms with Gasteiger partial charge in [-0.1, -0.05) is 42.5 Å².